The number of ether oxygens (including phenoxy) is 1. The van der Waals surface area contributed by atoms with Crippen LogP contribution in [-0.4, -0.2) is 45.9 Å². The van der Waals surface area contributed by atoms with E-state index in [9.17, 15) is 18.0 Å². The molecule has 1 atom stereocenters. The van der Waals surface area contributed by atoms with E-state index in [0.29, 0.717) is 35.7 Å². The molecular weight excluding hydrogens is 495 g/mol. The minimum absolute atomic E-state index is 0. The van der Waals surface area contributed by atoms with Crippen molar-refractivity contribution >= 4 is 36.6 Å². The smallest absolute Gasteiger partial charge is 0.421 e. The predicted molar refractivity (Wildman–Crippen MR) is 135 cm³/mol. The zero-order valence-corrected chi connectivity index (χ0v) is 21.3. The van der Waals surface area contributed by atoms with Gasteiger partial charge in [0.05, 0.1) is 36.9 Å². The monoisotopic (exact) mass is 523 g/mol. The van der Waals surface area contributed by atoms with Gasteiger partial charge in [0, 0.05) is 37.6 Å². The molecule has 0 radical (unpaired) electrons. The number of nitrogens with zero attached hydrogens (tertiary/aromatic N) is 5. The van der Waals surface area contributed by atoms with Crippen LogP contribution in [0.5, 0.6) is 5.88 Å². The topological polar surface area (TPSA) is 97.2 Å². The largest absolute Gasteiger partial charge is 0.481 e. The number of amides is 1. The van der Waals surface area contributed by atoms with Gasteiger partial charge in [0.1, 0.15) is 17.4 Å². The van der Waals surface area contributed by atoms with Crippen molar-refractivity contribution in [2.24, 2.45) is 0 Å². The fourth-order valence-electron chi connectivity index (χ4n) is 4.10. The Morgan fingerprint density at radius 3 is 2.64 bits per heavy atom. The molecule has 13 heteroatoms. The number of hydrogen-bond acceptors (Lipinski definition) is 7. The van der Waals surface area contributed by atoms with E-state index >= 15 is 0 Å². The second-order valence-electron chi connectivity index (χ2n) is 8.31. The number of aromatic nitrogens is 4. The summed E-state index contributed by atoms with van der Waals surface area (Å²) in [5.41, 5.74) is 2.53. The molecule has 9 nitrogen and oxygen atoms in total. The molecule has 36 heavy (non-hydrogen) atoms. The van der Waals surface area contributed by atoms with Crippen LogP contribution in [-0.2, 0) is 24.1 Å². The molecule has 0 aliphatic carbocycles. The van der Waals surface area contributed by atoms with Crippen LogP contribution in [0.25, 0.3) is 0 Å². The van der Waals surface area contributed by atoms with Crippen LogP contribution in [0.1, 0.15) is 35.7 Å². The van der Waals surface area contributed by atoms with Crippen molar-refractivity contribution < 1.29 is 22.7 Å². The van der Waals surface area contributed by atoms with E-state index in [1.165, 1.54) is 6.20 Å². The Kier molecular flexibility index (Phi) is 8.02. The Labute approximate surface area is 213 Å². The number of carbonyl (C=O) groups excluding carboxylic acids is 1. The first-order valence-corrected chi connectivity index (χ1v) is 11.0. The van der Waals surface area contributed by atoms with Crippen LogP contribution in [0.3, 0.4) is 0 Å². The molecule has 4 rings (SSSR count). The molecule has 4 heterocycles. The van der Waals surface area contributed by atoms with Crippen molar-refractivity contribution in [2.45, 2.75) is 45.6 Å². The van der Waals surface area contributed by atoms with Gasteiger partial charge in [-0.3, -0.25) is 9.48 Å². The van der Waals surface area contributed by atoms with Crippen molar-refractivity contribution in [1.29, 1.82) is 0 Å². The first kappa shape index (κ1) is 27.1. The number of nitrogens with one attached hydrogen (secondary N) is 2. The molecular formula is C23H28F3N7O2S. The number of methoxy groups -OCH3 is 1. The Balaban J connectivity index is 0.00000361. The molecule has 1 amide bonds. The Morgan fingerprint density at radius 2 is 1.97 bits per heavy atom. The van der Waals surface area contributed by atoms with Gasteiger partial charge >= 0.3 is 6.18 Å². The van der Waals surface area contributed by atoms with E-state index in [4.69, 9.17) is 4.74 Å². The van der Waals surface area contributed by atoms with Crippen molar-refractivity contribution in [3.8, 4) is 5.88 Å². The second kappa shape index (κ2) is 10.6. The van der Waals surface area contributed by atoms with Gasteiger partial charge in [-0.05, 0) is 25.0 Å². The first-order valence-electron chi connectivity index (χ1n) is 11.0. The van der Waals surface area contributed by atoms with Crippen molar-refractivity contribution in [3.05, 3.63) is 53.1 Å². The standard InChI is InChI=1S/C23H26F3N7O2.H2S/c1-5-17-21(34)31-20-13(2)30-19(7-18(20)32(17)3)27-9-15-10-29-33(12-15)11-14-6-16(23(24,25)26)22(35-4)28-8-14;/h6-8,10,12,17H,5,9,11H2,1-4H3,(H,27,30)(H,31,34);1H2/t17-;/m0./s1. The molecule has 2 N–H and O–H groups in total. The molecule has 0 spiro atoms. The third kappa shape index (κ3) is 5.50. The van der Waals surface area contributed by atoms with Crippen molar-refractivity contribution in [1.82, 2.24) is 19.7 Å². The molecule has 194 valence electrons. The number of anilines is 3. The van der Waals surface area contributed by atoms with Gasteiger partial charge in [0.15, 0.2) is 0 Å². The number of hydrogen-bond donors (Lipinski definition) is 2. The average Bonchev–Trinajstić information content (AvgIpc) is 3.25. The highest BCUT2D eigenvalue weighted by Gasteiger charge is 2.35. The Hall–Kier alpha value is -3.48. The first-order chi connectivity index (χ1) is 16.6. The van der Waals surface area contributed by atoms with Crippen LogP contribution < -0.4 is 20.3 Å². The summed E-state index contributed by atoms with van der Waals surface area (Å²) in [5.74, 6) is 0.130. The number of fused-ring (bicyclic) bond motifs is 1. The van der Waals surface area contributed by atoms with Crippen LogP contribution in [0, 0.1) is 6.92 Å². The number of aryl methyl sites for hydroxylation is 1. The lowest BCUT2D eigenvalue weighted by atomic mass is 10.1. The van der Waals surface area contributed by atoms with Gasteiger partial charge in [0.25, 0.3) is 0 Å². The third-order valence-electron chi connectivity index (χ3n) is 5.88. The number of alkyl halides is 3. The fourth-order valence-corrected chi connectivity index (χ4v) is 4.10. The predicted octanol–water partition coefficient (Wildman–Crippen LogP) is 3.95. The summed E-state index contributed by atoms with van der Waals surface area (Å²) in [5, 5.41) is 10.4. The number of likely N-dealkylation sites (N-methyl/N-ethyl adjacent to an activating group) is 1. The van der Waals surface area contributed by atoms with Gasteiger partial charge in [-0.1, -0.05) is 6.92 Å². The van der Waals surface area contributed by atoms with Gasteiger partial charge in [-0.15, -0.1) is 0 Å². The van der Waals surface area contributed by atoms with Gasteiger partial charge in [-0.2, -0.15) is 31.8 Å². The second-order valence-corrected chi connectivity index (χ2v) is 8.31. The number of pyridine rings is 2. The van der Waals surface area contributed by atoms with Crippen LogP contribution in [0.15, 0.2) is 30.7 Å². The van der Waals surface area contributed by atoms with E-state index in [2.05, 4.69) is 25.7 Å². The lowest BCUT2D eigenvalue weighted by Crippen LogP contribution is -2.45. The molecule has 0 saturated carbocycles. The molecule has 1 aliphatic rings. The van der Waals surface area contributed by atoms with Gasteiger partial charge < -0.3 is 20.3 Å². The highest BCUT2D eigenvalue weighted by atomic mass is 32.1. The Morgan fingerprint density at radius 1 is 1.22 bits per heavy atom. The molecule has 0 unspecified atom stereocenters. The summed E-state index contributed by atoms with van der Waals surface area (Å²) < 4.78 is 46.0. The maximum Gasteiger partial charge on any atom is 0.421 e. The summed E-state index contributed by atoms with van der Waals surface area (Å²) in [6.45, 7) is 4.33. The van der Waals surface area contributed by atoms with E-state index < -0.39 is 17.6 Å². The van der Waals surface area contributed by atoms with Gasteiger partial charge in [0.2, 0.25) is 11.8 Å². The highest BCUT2D eigenvalue weighted by Crippen LogP contribution is 2.36. The normalized spacial score (nSPS) is 15.1. The van der Waals surface area contributed by atoms with Crippen LogP contribution in [0.2, 0.25) is 0 Å². The van der Waals surface area contributed by atoms with Gasteiger partial charge in [-0.25, -0.2) is 9.97 Å². The molecule has 0 fully saturated rings. The molecule has 0 bridgehead atoms. The summed E-state index contributed by atoms with van der Waals surface area (Å²) >= 11 is 0. The quantitative estimate of drug-likeness (QED) is 0.484. The van der Waals surface area contributed by atoms with Crippen LogP contribution in [0.4, 0.5) is 30.4 Å². The minimum Gasteiger partial charge on any atom is -0.481 e. The molecule has 3 aromatic heterocycles. The maximum atomic E-state index is 13.3. The summed E-state index contributed by atoms with van der Waals surface area (Å²) in [4.78, 5) is 22.6. The zero-order valence-electron chi connectivity index (χ0n) is 20.3. The number of rotatable bonds is 7. The summed E-state index contributed by atoms with van der Waals surface area (Å²) in [7, 11) is 3.04. The number of halogens is 3. The SMILES string of the molecule is CC[C@H]1C(=O)Nc2c(cc(NCc3cnn(Cc4cnc(OC)c(C(F)(F)F)c4)c3)nc2C)N1C.S. The summed E-state index contributed by atoms with van der Waals surface area (Å²) in [6.07, 6.45) is 0.835. The third-order valence-corrected chi connectivity index (χ3v) is 5.88. The van der Waals surface area contributed by atoms with Crippen molar-refractivity contribution in [3.63, 3.8) is 0 Å². The molecule has 0 aromatic carbocycles. The van der Waals surface area contributed by atoms with Crippen molar-refractivity contribution in [2.75, 3.05) is 29.7 Å². The lowest BCUT2D eigenvalue weighted by Gasteiger charge is -2.35. The fraction of sp³-hybridized carbons (Fsp3) is 0.391. The minimum atomic E-state index is -4.57. The molecule has 0 saturated heterocycles. The average molecular weight is 524 g/mol. The zero-order chi connectivity index (χ0) is 25.3. The maximum absolute atomic E-state index is 13.3. The van der Waals surface area contributed by atoms with E-state index in [-0.39, 0.29) is 32.0 Å². The summed E-state index contributed by atoms with van der Waals surface area (Å²) in [6, 6.07) is 2.65. The lowest BCUT2D eigenvalue weighted by molar-refractivity contribution is -0.139. The highest BCUT2D eigenvalue weighted by molar-refractivity contribution is 7.59. The van der Waals surface area contributed by atoms with E-state index in [1.807, 2.05) is 31.9 Å². The molecule has 1 aliphatic heterocycles. The molecule has 3 aromatic rings. The van der Waals surface area contributed by atoms with E-state index in [1.54, 1.807) is 17.1 Å². The van der Waals surface area contributed by atoms with E-state index in [0.717, 1.165) is 24.4 Å². The van der Waals surface area contributed by atoms with Crippen LogP contribution >= 0.6 is 13.5 Å². The Bertz CT molecular complexity index is 1250. The number of carbonyl (C=O) groups is 1.